The highest BCUT2D eigenvalue weighted by molar-refractivity contribution is 6.21. The number of nitrogens with zero attached hydrogens (tertiary/aromatic N) is 1. The van der Waals surface area contributed by atoms with Gasteiger partial charge in [-0.25, -0.2) is 10.9 Å². The van der Waals surface area contributed by atoms with Gasteiger partial charge in [-0.3, -0.25) is 9.59 Å². The number of hydrogen-bond acceptors (Lipinski definition) is 3. The number of hydrogen-bond donors (Lipinski definition) is 1. The topological polar surface area (TPSA) is 63.4 Å². The SMILES string of the molecule is Cc1cccc2c1C(=O)N(N)C2=O. The summed E-state index contributed by atoms with van der Waals surface area (Å²) in [7, 11) is 0. The Labute approximate surface area is 74.9 Å². The second-order valence-electron chi connectivity index (χ2n) is 2.98. The Bertz CT molecular complexity index is 412. The summed E-state index contributed by atoms with van der Waals surface area (Å²) < 4.78 is 0. The van der Waals surface area contributed by atoms with Gasteiger partial charge in [-0.2, -0.15) is 0 Å². The molecule has 1 aromatic rings. The van der Waals surface area contributed by atoms with Crippen molar-refractivity contribution in [3.63, 3.8) is 0 Å². The van der Waals surface area contributed by atoms with Gasteiger partial charge in [0.25, 0.3) is 11.8 Å². The number of benzene rings is 1. The Morgan fingerprint density at radius 3 is 2.54 bits per heavy atom. The van der Waals surface area contributed by atoms with Crippen LogP contribution in [-0.4, -0.2) is 16.8 Å². The molecule has 4 heteroatoms. The van der Waals surface area contributed by atoms with E-state index in [0.717, 1.165) is 5.56 Å². The Kier molecular flexibility index (Phi) is 1.47. The van der Waals surface area contributed by atoms with Crippen LogP contribution in [0.25, 0.3) is 0 Å². The van der Waals surface area contributed by atoms with E-state index < -0.39 is 11.8 Å². The first-order valence-electron chi connectivity index (χ1n) is 3.86. The summed E-state index contributed by atoms with van der Waals surface area (Å²) in [5, 5.41) is 0.650. The van der Waals surface area contributed by atoms with E-state index in [2.05, 4.69) is 0 Å². The zero-order valence-corrected chi connectivity index (χ0v) is 7.07. The molecule has 0 bridgehead atoms. The molecular weight excluding hydrogens is 168 g/mol. The molecule has 0 saturated heterocycles. The second-order valence-corrected chi connectivity index (χ2v) is 2.98. The molecule has 0 aliphatic carbocycles. The van der Waals surface area contributed by atoms with Gasteiger partial charge in [-0.05, 0) is 18.6 Å². The maximum atomic E-state index is 11.4. The third-order valence-electron chi connectivity index (χ3n) is 2.15. The predicted molar refractivity (Wildman–Crippen MR) is 45.9 cm³/mol. The van der Waals surface area contributed by atoms with Crippen molar-refractivity contribution in [2.24, 2.45) is 5.84 Å². The van der Waals surface area contributed by atoms with E-state index in [1.165, 1.54) is 0 Å². The second kappa shape index (κ2) is 2.40. The summed E-state index contributed by atoms with van der Waals surface area (Å²) in [6.45, 7) is 1.78. The maximum absolute atomic E-state index is 11.4. The summed E-state index contributed by atoms with van der Waals surface area (Å²) in [4.78, 5) is 22.7. The van der Waals surface area contributed by atoms with Gasteiger partial charge < -0.3 is 0 Å². The number of imide groups is 1. The normalized spacial score (nSPS) is 15.1. The van der Waals surface area contributed by atoms with Gasteiger partial charge in [-0.15, -0.1) is 0 Å². The molecule has 0 atom stereocenters. The third-order valence-corrected chi connectivity index (χ3v) is 2.15. The molecule has 0 saturated carbocycles. The van der Waals surface area contributed by atoms with Crippen molar-refractivity contribution >= 4 is 11.8 Å². The third kappa shape index (κ3) is 0.891. The van der Waals surface area contributed by atoms with Crippen LogP contribution in [0.15, 0.2) is 18.2 Å². The Morgan fingerprint density at radius 1 is 1.23 bits per heavy atom. The number of amides is 2. The fourth-order valence-electron chi connectivity index (χ4n) is 1.47. The first-order valence-corrected chi connectivity index (χ1v) is 3.86. The first-order chi connectivity index (χ1) is 6.13. The highest BCUT2D eigenvalue weighted by atomic mass is 16.2. The van der Waals surface area contributed by atoms with Crippen LogP contribution in [0.5, 0.6) is 0 Å². The van der Waals surface area contributed by atoms with Gasteiger partial charge in [0.2, 0.25) is 0 Å². The zero-order valence-electron chi connectivity index (χ0n) is 7.07. The highest BCUT2D eigenvalue weighted by Crippen LogP contribution is 2.22. The van der Waals surface area contributed by atoms with E-state index in [1.54, 1.807) is 25.1 Å². The van der Waals surface area contributed by atoms with Crippen LogP contribution in [0.4, 0.5) is 0 Å². The fraction of sp³-hybridized carbons (Fsp3) is 0.111. The Hall–Kier alpha value is -1.68. The standard InChI is InChI=1S/C9H8N2O2/c1-5-3-2-4-6-7(5)9(13)11(10)8(6)12/h2-4H,10H2,1H3. The molecule has 1 heterocycles. The van der Waals surface area contributed by atoms with Crippen molar-refractivity contribution < 1.29 is 9.59 Å². The number of nitrogens with two attached hydrogens (primary N) is 1. The molecule has 1 aliphatic rings. The molecular formula is C9H8N2O2. The quantitative estimate of drug-likeness (QED) is 0.355. The summed E-state index contributed by atoms with van der Waals surface area (Å²) in [5.74, 6) is 4.43. The number of carbonyl (C=O) groups is 2. The van der Waals surface area contributed by atoms with E-state index in [9.17, 15) is 9.59 Å². The van der Waals surface area contributed by atoms with Gasteiger partial charge in [0.1, 0.15) is 0 Å². The number of carbonyl (C=O) groups excluding carboxylic acids is 2. The summed E-state index contributed by atoms with van der Waals surface area (Å²) in [6.07, 6.45) is 0. The van der Waals surface area contributed by atoms with Crippen LogP contribution >= 0.6 is 0 Å². The minimum Gasteiger partial charge on any atom is -0.267 e. The lowest BCUT2D eigenvalue weighted by molar-refractivity contribution is 0.0653. The van der Waals surface area contributed by atoms with Crippen LogP contribution in [0.2, 0.25) is 0 Å². The average molecular weight is 176 g/mol. The van der Waals surface area contributed by atoms with Crippen LogP contribution in [0.3, 0.4) is 0 Å². The largest absolute Gasteiger partial charge is 0.276 e. The highest BCUT2D eigenvalue weighted by Gasteiger charge is 2.34. The summed E-state index contributed by atoms with van der Waals surface area (Å²) >= 11 is 0. The lowest BCUT2D eigenvalue weighted by atomic mass is 10.0. The monoisotopic (exact) mass is 176 g/mol. The van der Waals surface area contributed by atoms with Gasteiger partial charge in [-0.1, -0.05) is 12.1 Å². The molecule has 4 nitrogen and oxygen atoms in total. The molecule has 0 aromatic heterocycles. The molecule has 0 fully saturated rings. The molecule has 66 valence electrons. The fourth-order valence-corrected chi connectivity index (χ4v) is 1.47. The van der Waals surface area contributed by atoms with Crippen LogP contribution in [0, 0.1) is 6.92 Å². The van der Waals surface area contributed by atoms with Crippen molar-refractivity contribution in [2.75, 3.05) is 0 Å². The number of aryl methyl sites for hydroxylation is 1. The van der Waals surface area contributed by atoms with Crippen molar-refractivity contribution in [3.05, 3.63) is 34.9 Å². The van der Waals surface area contributed by atoms with E-state index in [4.69, 9.17) is 5.84 Å². The molecule has 2 rings (SSSR count). The van der Waals surface area contributed by atoms with E-state index >= 15 is 0 Å². The number of fused-ring (bicyclic) bond motifs is 1. The molecule has 1 aromatic carbocycles. The zero-order chi connectivity index (χ0) is 9.59. The van der Waals surface area contributed by atoms with Crippen molar-refractivity contribution in [1.82, 2.24) is 5.01 Å². The number of rotatable bonds is 0. The van der Waals surface area contributed by atoms with Gasteiger partial charge in [0, 0.05) is 0 Å². The number of hydrazine groups is 1. The van der Waals surface area contributed by atoms with E-state index in [1.807, 2.05) is 0 Å². The molecule has 1 aliphatic heterocycles. The minimum atomic E-state index is -0.427. The molecule has 0 unspecified atom stereocenters. The minimum absolute atomic E-state index is 0.396. The van der Waals surface area contributed by atoms with Gasteiger partial charge in [0.15, 0.2) is 0 Å². The molecule has 2 amide bonds. The molecule has 0 radical (unpaired) electrons. The van der Waals surface area contributed by atoms with Gasteiger partial charge >= 0.3 is 0 Å². The summed E-state index contributed by atoms with van der Waals surface area (Å²) in [6, 6.07) is 5.12. The van der Waals surface area contributed by atoms with Crippen LogP contribution < -0.4 is 5.84 Å². The van der Waals surface area contributed by atoms with E-state index in [0.29, 0.717) is 16.1 Å². The maximum Gasteiger partial charge on any atom is 0.276 e. The van der Waals surface area contributed by atoms with Crippen molar-refractivity contribution in [2.45, 2.75) is 6.92 Å². The van der Waals surface area contributed by atoms with Crippen LogP contribution in [0.1, 0.15) is 26.3 Å². The Morgan fingerprint density at radius 2 is 1.92 bits per heavy atom. The lowest BCUT2D eigenvalue weighted by Crippen LogP contribution is -2.36. The van der Waals surface area contributed by atoms with Crippen LogP contribution in [-0.2, 0) is 0 Å². The smallest absolute Gasteiger partial charge is 0.267 e. The molecule has 13 heavy (non-hydrogen) atoms. The van der Waals surface area contributed by atoms with Crippen molar-refractivity contribution in [1.29, 1.82) is 0 Å². The molecule has 0 spiro atoms. The van der Waals surface area contributed by atoms with Gasteiger partial charge in [0.05, 0.1) is 11.1 Å². The average Bonchev–Trinajstić information content (AvgIpc) is 2.33. The summed E-state index contributed by atoms with van der Waals surface area (Å²) in [5.41, 5.74) is 1.60. The lowest BCUT2D eigenvalue weighted by Gasteiger charge is -2.02. The predicted octanol–water partition coefficient (Wildman–Crippen LogP) is 0.465. The van der Waals surface area contributed by atoms with Crippen molar-refractivity contribution in [3.8, 4) is 0 Å². The molecule has 2 N–H and O–H groups in total. The Balaban J connectivity index is 2.74. The van der Waals surface area contributed by atoms with E-state index in [-0.39, 0.29) is 0 Å². The first kappa shape index (κ1) is 7.94.